The number of amides is 2. The molecule has 230 valence electrons. The molecule has 1 aliphatic rings. The Morgan fingerprint density at radius 3 is 2.52 bits per heavy atom. The van der Waals surface area contributed by atoms with Gasteiger partial charge in [-0.05, 0) is 30.5 Å². The van der Waals surface area contributed by atoms with Gasteiger partial charge in [0, 0.05) is 69.6 Å². The second kappa shape index (κ2) is 12.9. The number of aryl methyl sites for hydroxylation is 2. The summed E-state index contributed by atoms with van der Waals surface area (Å²) in [5, 5.41) is 3.75. The van der Waals surface area contributed by atoms with Gasteiger partial charge in [-0.1, -0.05) is 25.5 Å². The fourth-order valence-electron chi connectivity index (χ4n) is 5.49. The van der Waals surface area contributed by atoms with Gasteiger partial charge in [0.05, 0.1) is 29.7 Å². The molecule has 0 atom stereocenters. The Kier molecular flexibility index (Phi) is 9.04. The third-order valence-corrected chi connectivity index (χ3v) is 7.85. The minimum atomic E-state index is -4.66. The Balaban J connectivity index is 1.33. The average Bonchev–Trinajstić information content (AvgIpc) is 3.64. The van der Waals surface area contributed by atoms with Gasteiger partial charge in [-0.25, -0.2) is 4.98 Å². The van der Waals surface area contributed by atoms with Gasteiger partial charge in [0.25, 0.3) is 5.91 Å². The van der Waals surface area contributed by atoms with E-state index < -0.39 is 11.9 Å². The van der Waals surface area contributed by atoms with E-state index >= 15 is 0 Å². The molecule has 0 saturated carbocycles. The highest BCUT2D eigenvalue weighted by atomic mass is 19.4. The fraction of sp³-hybridized carbons (Fsp3) is 0.406. The highest BCUT2D eigenvalue weighted by Crippen LogP contribution is 2.36. The lowest BCUT2D eigenvalue weighted by Gasteiger charge is -2.35. The Morgan fingerprint density at radius 2 is 1.84 bits per heavy atom. The topological polar surface area (TPSA) is 88.6 Å². The number of fused-ring (bicyclic) bond motifs is 1. The monoisotopic (exact) mass is 605 g/mol. The molecule has 0 bridgehead atoms. The van der Waals surface area contributed by atoms with E-state index in [-0.39, 0.29) is 36.0 Å². The van der Waals surface area contributed by atoms with Crippen molar-refractivity contribution in [3.8, 4) is 23.6 Å². The molecule has 3 aromatic heterocycles. The Labute approximate surface area is 253 Å². The van der Waals surface area contributed by atoms with Crippen molar-refractivity contribution in [1.82, 2.24) is 33.9 Å². The van der Waals surface area contributed by atoms with E-state index in [2.05, 4.69) is 27.9 Å². The summed E-state index contributed by atoms with van der Waals surface area (Å²) in [7, 11) is 0. The molecule has 1 fully saturated rings. The van der Waals surface area contributed by atoms with E-state index in [9.17, 15) is 22.8 Å². The predicted molar refractivity (Wildman–Crippen MR) is 159 cm³/mol. The number of hydrogen-bond donors (Lipinski definition) is 0. The number of carbonyl (C=O) groups is 2. The summed E-state index contributed by atoms with van der Waals surface area (Å²) in [6.45, 7) is 6.14. The standard InChI is InChI=1S/C32H34F3N7O2/c1-4-6-8-28(43)39-14-16-40(17-15-39)31(44)24-10-9-23(18-22(24)3)19-26-30-37-20-27(42(30)13-11-36-26)25-21-41(12-7-5-2)38-29(25)32(33,34)35/h2,9-11,13,18,20-21H,4,6-8,12,14-17,19H2,1,3H3. The van der Waals surface area contributed by atoms with Crippen molar-refractivity contribution in [2.45, 2.75) is 58.7 Å². The normalized spacial score (nSPS) is 13.8. The van der Waals surface area contributed by atoms with Crippen LogP contribution in [0, 0.1) is 19.3 Å². The van der Waals surface area contributed by atoms with Gasteiger partial charge >= 0.3 is 6.18 Å². The van der Waals surface area contributed by atoms with Crippen LogP contribution in [0.5, 0.6) is 0 Å². The van der Waals surface area contributed by atoms with Crippen molar-refractivity contribution in [2.24, 2.45) is 0 Å². The molecular formula is C32H34F3N7O2. The average molecular weight is 606 g/mol. The van der Waals surface area contributed by atoms with Crippen LogP contribution in [0.15, 0.2) is 43.0 Å². The first-order chi connectivity index (χ1) is 21.1. The van der Waals surface area contributed by atoms with Crippen molar-refractivity contribution in [3.63, 3.8) is 0 Å². The van der Waals surface area contributed by atoms with E-state index in [4.69, 9.17) is 6.42 Å². The SMILES string of the molecule is C#CCCn1cc(-c2cnc3c(Cc4ccc(C(=O)N5CCN(C(=O)CCCC)CC5)c(C)c4)nccn23)c(C(F)(F)F)n1. The summed E-state index contributed by atoms with van der Waals surface area (Å²) in [6, 6.07) is 5.57. The second-order valence-electron chi connectivity index (χ2n) is 10.9. The first-order valence-electron chi connectivity index (χ1n) is 14.7. The number of alkyl halides is 3. The highest BCUT2D eigenvalue weighted by Gasteiger charge is 2.38. The number of imidazole rings is 1. The van der Waals surface area contributed by atoms with Crippen molar-refractivity contribution in [2.75, 3.05) is 26.2 Å². The largest absolute Gasteiger partial charge is 0.435 e. The molecule has 5 rings (SSSR count). The minimum absolute atomic E-state index is 0.0731. The van der Waals surface area contributed by atoms with Crippen LogP contribution in [0.2, 0.25) is 0 Å². The number of aromatic nitrogens is 5. The van der Waals surface area contributed by atoms with Crippen molar-refractivity contribution >= 4 is 17.5 Å². The number of rotatable bonds is 9. The molecule has 0 N–H and O–H groups in total. The first-order valence-corrected chi connectivity index (χ1v) is 14.7. The van der Waals surface area contributed by atoms with E-state index in [1.807, 2.05) is 24.0 Å². The maximum atomic E-state index is 13.9. The van der Waals surface area contributed by atoms with Crippen LogP contribution in [0.4, 0.5) is 13.2 Å². The van der Waals surface area contributed by atoms with Crippen LogP contribution in [0.3, 0.4) is 0 Å². The molecule has 9 nitrogen and oxygen atoms in total. The lowest BCUT2D eigenvalue weighted by Crippen LogP contribution is -2.50. The summed E-state index contributed by atoms with van der Waals surface area (Å²) in [4.78, 5) is 38.2. The van der Waals surface area contributed by atoms with Gasteiger partial charge in [0.2, 0.25) is 5.91 Å². The second-order valence-corrected chi connectivity index (χ2v) is 10.9. The summed E-state index contributed by atoms with van der Waals surface area (Å²) < 4.78 is 44.4. The Morgan fingerprint density at radius 1 is 1.09 bits per heavy atom. The molecule has 1 saturated heterocycles. The molecular weight excluding hydrogens is 571 g/mol. The van der Waals surface area contributed by atoms with Crippen molar-refractivity contribution in [1.29, 1.82) is 0 Å². The highest BCUT2D eigenvalue weighted by molar-refractivity contribution is 5.96. The van der Waals surface area contributed by atoms with Gasteiger partial charge in [0.1, 0.15) is 0 Å². The molecule has 12 heteroatoms. The number of benzene rings is 1. The van der Waals surface area contributed by atoms with Crippen LogP contribution in [0.1, 0.15) is 65.5 Å². The molecule has 0 aliphatic carbocycles. The molecule has 1 aliphatic heterocycles. The number of terminal acetylenes is 1. The van der Waals surface area contributed by atoms with Crippen LogP contribution >= 0.6 is 0 Å². The van der Waals surface area contributed by atoms with Crippen molar-refractivity contribution < 1.29 is 22.8 Å². The minimum Gasteiger partial charge on any atom is -0.339 e. The summed E-state index contributed by atoms with van der Waals surface area (Å²) in [5.74, 6) is 2.49. The van der Waals surface area contributed by atoms with Crippen LogP contribution < -0.4 is 0 Å². The van der Waals surface area contributed by atoms with Crippen molar-refractivity contribution in [3.05, 3.63) is 71.1 Å². The number of halogens is 3. The molecule has 44 heavy (non-hydrogen) atoms. The van der Waals surface area contributed by atoms with Crippen LogP contribution in [-0.2, 0) is 23.9 Å². The lowest BCUT2D eigenvalue weighted by atomic mass is 10.0. The van der Waals surface area contributed by atoms with Gasteiger partial charge in [-0.3, -0.25) is 23.7 Å². The number of piperazine rings is 1. The first kappa shape index (κ1) is 30.8. The molecule has 2 amide bonds. The van der Waals surface area contributed by atoms with Crippen LogP contribution in [0.25, 0.3) is 16.9 Å². The molecule has 0 spiro atoms. The zero-order chi connectivity index (χ0) is 31.4. The predicted octanol–water partition coefficient (Wildman–Crippen LogP) is 5.01. The molecule has 4 aromatic rings. The van der Waals surface area contributed by atoms with Gasteiger partial charge in [-0.15, -0.1) is 12.3 Å². The lowest BCUT2D eigenvalue weighted by molar-refractivity contribution is -0.141. The molecule has 0 radical (unpaired) electrons. The van der Waals surface area contributed by atoms with Gasteiger partial charge in [-0.2, -0.15) is 18.3 Å². The maximum absolute atomic E-state index is 13.9. The quantitative estimate of drug-likeness (QED) is 0.251. The van der Waals surface area contributed by atoms with Gasteiger partial charge in [0.15, 0.2) is 11.3 Å². The number of carbonyl (C=O) groups excluding carboxylic acids is 2. The summed E-state index contributed by atoms with van der Waals surface area (Å²) in [5.41, 5.74) is 2.43. The molecule has 1 aromatic carbocycles. The smallest absolute Gasteiger partial charge is 0.339 e. The van der Waals surface area contributed by atoms with E-state index in [0.717, 1.165) is 24.0 Å². The number of unbranched alkanes of at least 4 members (excludes halogenated alkanes) is 1. The molecule has 4 heterocycles. The van der Waals surface area contributed by atoms with E-state index in [0.29, 0.717) is 55.9 Å². The number of hydrogen-bond acceptors (Lipinski definition) is 5. The zero-order valence-electron chi connectivity index (χ0n) is 24.8. The maximum Gasteiger partial charge on any atom is 0.435 e. The number of nitrogens with zero attached hydrogens (tertiary/aromatic N) is 7. The Bertz CT molecular complexity index is 1710. The van der Waals surface area contributed by atoms with E-state index in [1.165, 1.54) is 23.3 Å². The Hall–Kier alpha value is -4.66. The van der Waals surface area contributed by atoms with E-state index in [1.54, 1.807) is 21.6 Å². The third kappa shape index (κ3) is 6.46. The summed E-state index contributed by atoms with van der Waals surface area (Å²) >= 11 is 0. The van der Waals surface area contributed by atoms with Gasteiger partial charge < -0.3 is 9.80 Å². The zero-order valence-corrected chi connectivity index (χ0v) is 24.8. The van der Waals surface area contributed by atoms with Crippen LogP contribution in [-0.4, -0.2) is 71.9 Å². The third-order valence-electron chi connectivity index (χ3n) is 7.85. The fourth-order valence-corrected chi connectivity index (χ4v) is 5.49. The molecule has 0 unspecified atom stereocenters. The summed E-state index contributed by atoms with van der Waals surface area (Å²) in [6.07, 6.45) is 9.45.